The Morgan fingerprint density at radius 3 is 2.53 bits per heavy atom. The van der Waals surface area contributed by atoms with Gasteiger partial charge in [0.1, 0.15) is 5.75 Å². The number of fused-ring (bicyclic) bond motifs is 1. The molecule has 2 aliphatic rings. The molecule has 8 nitrogen and oxygen atoms in total. The maximum absolute atomic E-state index is 13.4. The van der Waals surface area contributed by atoms with E-state index in [2.05, 4.69) is 33.6 Å². The summed E-state index contributed by atoms with van der Waals surface area (Å²) in [7, 11) is 1.48. The van der Waals surface area contributed by atoms with Crippen LogP contribution in [-0.4, -0.2) is 46.8 Å². The highest BCUT2D eigenvalue weighted by molar-refractivity contribution is 6.45. The topological polar surface area (TPSA) is 123 Å². The monoisotopic (exact) mass is 499 g/mol. The molecule has 1 aromatic carbocycles. The van der Waals surface area contributed by atoms with Gasteiger partial charge in [-0.1, -0.05) is 23.6 Å². The van der Waals surface area contributed by atoms with E-state index in [9.17, 15) is 14.9 Å². The van der Waals surface area contributed by atoms with Gasteiger partial charge in [0.15, 0.2) is 0 Å². The molecule has 3 aromatic rings. The first kappa shape index (κ1) is 24.3. The zero-order valence-corrected chi connectivity index (χ0v) is 20.5. The first-order chi connectivity index (χ1) is 18.5. The number of aromatic nitrogens is 2. The Bertz CT molecular complexity index is 1720. The Hall–Kier alpha value is -5.39. The fourth-order valence-corrected chi connectivity index (χ4v) is 4.71. The Balaban J connectivity index is 1.41. The van der Waals surface area contributed by atoms with Gasteiger partial charge in [0.05, 0.1) is 58.7 Å². The van der Waals surface area contributed by atoms with E-state index >= 15 is 0 Å². The second kappa shape index (κ2) is 10.3. The molecular formula is C30H21N5O3. The third kappa shape index (κ3) is 4.34. The number of benzene rings is 1. The summed E-state index contributed by atoms with van der Waals surface area (Å²) < 4.78 is 5.48. The largest absolute Gasteiger partial charge is 0.494 e. The Labute approximate surface area is 218 Å². The fourth-order valence-electron chi connectivity index (χ4n) is 4.71. The number of amides is 1. The molecule has 1 N–H and O–H groups in total. The third-order valence-electron chi connectivity index (χ3n) is 6.69. The number of carbonyl (C=O) groups excluding carboxylic acids is 2. The van der Waals surface area contributed by atoms with E-state index in [4.69, 9.17) is 10.00 Å². The van der Waals surface area contributed by atoms with Crippen LogP contribution in [-0.2, 0) is 4.79 Å². The minimum atomic E-state index is -0.646. The number of hydrogen-bond donors (Lipinski definition) is 1. The molecule has 0 spiro atoms. The van der Waals surface area contributed by atoms with Crippen molar-refractivity contribution in [3.63, 3.8) is 0 Å². The van der Waals surface area contributed by atoms with E-state index in [1.807, 2.05) is 6.08 Å². The number of rotatable bonds is 5. The van der Waals surface area contributed by atoms with Crippen LogP contribution in [0.15, 0.2) is 83.1 Å². The maximum Gasteiger partial charge on any atom is 0.295 e. The van der Waals surface area contributed by atoms with Crippen LogP contribution in [0.25, 0.3) is 22.2 Å². The third-order valence-corrected chi connectivity index (χ3v) is 6.69. The van der Waals surface area contributed by atoms with Crippen molar-refractivity contribution in [2.75, 3.05) is 20.2 Å². The van der Waals surface area contributed by atoms with Crippen molar-refractivity contribution in [3.8, 4) is 29.1 Å². The number of hydrogen-bond acceptors (Lipinski definition) is 6. The van der Waals surface area contributed by atoms with Crippen LogP contribution >= 0.6 is 0 Å². The van der Waals surface area contributed by atoms with Crippen molar-refractivity contribution in [1.29, 1.82) is 10.5 Å². The van der Waals surface area contributed by atoms with Crippen LogP contribution in [0.4, 0.5) is 0 Å². The van der Waals surface area contributed by atoms with Gasteiger partial charge in [0, 0.05) is 30.4 Å². The number of pyridine rings is 1. The molecule has 3 heterocycles. The van der Waals surface area contributed by atoms with E-state index in [-0.39, 0.29) is 5.56 Å². The molecule has 184 valence electrons. The second-order valence-corrected chi connectivity index (χ2v) is 8.75. The number of likely N-dealkylation sites (tertiary alicyclic amines) is 1. The normalized spacial score (nSPS) is 14.1. The van der Waals surface area contributed by atoms with Crippen LogP contribution < -0.4 is 4.74 Å². The molecule has 1 fully saturated rings. The fraction of sp³-hybridized carbons (Fsp3) is 0.167. The molecule has 0 atom stereocenters. The molecule has 8 heteroatoms. The van der Waals surface area contributed by atoms with Crippen molar-refractivity contribution in [2.24, 2.45) is 0 Å². The highest BCUT2D eigenvalue weighted by atomic mass is 16.5. The average molecular weight is 500 g/mol. The van der Waals surface area contributed by atoms with Crippen molar-refractivity contribution < 1.29 is 14.3 Å². The first-order valence-electron chi connectivity index (χ1n) is 11.9. The van der Waals surface area contributed by atoms with Crippen LogP contribution in [0.2, 0.25) is 0 Å². The standard InChI is InChI=1S/C30H21N5O3/c1-38-25-18-34-27(22-9-7-19(15-31)8-10-22)28-26(25)24(17-33-28)29(36)30(37)35-13-11-21(12-14-35)23(16-32)20-5-3-2-4-6-20/h3,5-10,17-18,33H,11-14H2,1H3. The van der Waals surface area contributed by atoms with Gasteiger partial charge in [-0.05, 0) is 48.8 Å². The lowest BCUT2D eigenvalue weighted by molar-refractivity contribution is -0.126. The van der Waals surface area contributed by atoms with Gasteiger partial charge in [-0.25, -0.2) is 0 Å². The number of aromatic amines is 1. The molecule has 0 radical (unpaired) electrons. The predicted molar refractivity (Wildman–Crippen MR) is 140 cm³/mol. The Morgan fingerprint density at radius 1 is 1.13 bits per heavy atom. The molecule has 0 unspecified atom stereocenters. The zero-order chi connectivity index (χ0) is 26.6. The summed E-state index contributed by atoms with van der Waals surface area (Å²) in [6.45, 7) is 0.677. The van der Waals surface area contributed by atoms with E-state index in [0.29, 0.717) is 59.4 Å². The number of carbonyl (C=O) groups is 2. The summed E-state index contributed by atoms with van der Waals surface area (Å²) in [5.74, 6) is -0.883. The highest BCUT2D eigenvalue weighted by Gasteiger charge is 2.30. The second-order valence-electron chi connectivity index (χ2n) is 8.75. The SMILES string of the molecule is COc1cnc(-c2ccc(C#N)cc2)c2[nH]cc(C(=O)C(=O)N3CCC(=C(C#N)C4=CC=C=C=C4)CC3)c12. The summed E-state index contributed by atoms with van der Waals surface area (Å²) in [4.78, 5) is 35.8. The first-order valence-corrected chi connectivity index (χ1v) is 11.9. The number of piperidine rings is 1. The van der Waals surface area contributed by atoms with E-state index < -0.39 is 11.7 Å². The number of nitrogens with zero attached hydrogens (tertiary/aromatic N) is 4. The quantitative estimate of drug-likeness (QED) is 0.238. The van der Waals surface area contributed by atoms with Crippen LogP contribution in [0.3, 0.4) is 0 Å². The molecular weight excluding hydrogens is 478 g/mol. The number of nitrogens with one attached hydrogen (secondary N) is 1. The molecule has 1 aliphatic heterocycles. The minimum absolute atomic E-state index is 0.203. The van der Waals surface area contributed by atoms with E-state index in [1.54, 1.807) is 36.4 Å². The highest BCUT2D eigenvalue weighted by Crippen LogP contribution is 2.35. The van der Waals surface area contributed by atoms with Crippen LogP contribution in [0.1, 0.15) is 28.8 Å². The number of H-pyrrole nitrogens is 1. The molecule has 1 amide bonds. The molecule has 0 bridgehead atoms. The summed E-state index contributed by atoms with van der Waals surface area (Å²) in [5.41, 5.74) is 10.6. The lowest BCUT2D eigenvalue weighted by Gasteiger charge is -2.28. The number of ether oxygens (including phenoxy) is 1. The van der Waals surface area contributed by atoms with Crippen LogP contribution in [0, 0.1) is 22.7 Å². The molecule has 38 heavy (non-hydrogen) atoms. The summed E-state index contributed by atoms with van der Waals surface area (Å²) in [6.07, 6.45) is 9.28. The van der Waals surface area contributed by atoms with Gasteiger partial charge < -0.3 is 14.6 Å². The smallest absolute Gasteiger partial charge is 0.295 e. The molecule has 5 rings (SSSR count). The van der Waals surface area contributed by atoms with E-state index in [0.717, 1.165) is 16.7 Å². The maximum atomic E-state index is 13.4. The van der Waals surface area contributed by atoms with Gasteiger partial charge in [-0.3, -0.25) is 14.6 Å². The number of Topliss-reactive ketones (excluding diaryl/α,β-unsaturated/α-hetero) is 1. The zero-order valence-electron chi connectivity index (χ0n) is 20.5. The average Bonchev–Trinajstić information content (AvgIpc) is 3.43. The Morgan fingerprint density at radius 2 is 1.89 bits per heavy atom. The van der Waals surface area contributed by atoms with Crippen molar-refractivity contribution in [2.45, 2.75) is 12.8 Å². The number of methoxy groups -OCH3 is 1. The lowest BCUT2D eigenvalue weighted by Crippen LogP contribution is -2.40. The predicted octanol–water partition coefficient (Wildman–Crippen LogP) is 4.54. The summed E-state index contributed by atoms with van der Waals surface area (Å²) in [5, 5.41) is 19.3. The van der Waals surface area contributed by atoms with Crippen molar-refractivity contribution in [1.82, 2.24) is 14.9 Å². The molecule has 2 aromatic heterocycles. The summed E-state index contributed by atoms with van der Waals surface area (Å²) >= 11 is 0. The number of nitriles is 2. The van der Waals surface area contributed by atoms with Crippen LogP contribution in [0.5, 0.6) is 5.75 Å². The number of allylic oxidation sites excluding steroid dienone is 5. The van der Waals surface area contributed by atoms with Gasteiger partial charge >= 0.3 is 0 Å². The van der Waals surface area contributed by atoms with Gasteiger partial charge in [0.2, 0.25) is 0 Å². The number of ketones is 1. The van der Waals surface area contributed by atoms with Crippen molar-refractivity contribution >= 4 is 22.6 Å². The van der Waals surface area contributed by atoms with Gasteiger partial charge in [0.25, 0.3) is 11.7 Å². The molecule has 0 saturated carbocycles. The molecule has 1 aliphatic carbocycles. The van der Waals surface area contributed by atoms with E-state index in [1.165, 1.54) is 24.4 Å². The molecule has 1 saturated heterocycles. The lowest BCUT2D eigenvalue weighted by atomic mass is 9.92. The summed E-state index contributed by atoms with van der Waals surface area (Å²) in [6, 6.07) is 11.3. The van der Waals surface area contributed by atoms with Gasteiger partial charge in [-0.2, -0.15) is 10.5 Å². The Kier molecular flexibility index (Phi) is 6.59. The van der Waals surface area contributed by atoms with Gasteiger partial charge in [-0.15, -0.1) is 0 Å². The minimum Gasteiger partial charge on any atom is -0.494 e. The van der Waals surface area contributed by atoms with Crippen molar-refractivity contribution in [3.05, 3.63) is 94.2 Å².